The molecule has 0 spiro atoms. The van der Waals surface area contributed by atoms with Gasteiger partial charge in [-0.3, -0.25) is 0 Å². The van der Waals surface area contributed by atoms with Gasteiger partial charge in [0.05, 0.1) is 7.11 Å². The summed E-state index contributed by atoms with van der Waals surface area (Å²) >= 11 is 0. The van der Waals surface area contributed by atoms with Crippen LogP contribution in [0.5, 0.6) is 17.2 Å². The second kappa shape index (κ2) is 5.58. The summed E-state index contributed by atoms with van der Waals surface area (Å²) in [6.07, 6.45) is 0. The third-order valence-corrected chi connectivity index (χ3v) is 3.22. The van der Waals surface area contributed by atoms with Gasteiger partial charge >= 0.3 is 0 Å². The second-order valence-corrected chi connectivity index (χ2v) is 6.06. The SMILES string of the molecule is COc1cc(C)cc(Oc2ccc(C(C)(C)C)cc2)c1. The number of ether oxygens (including phenoxy) is 2. The maximum absolute atomic E-state index is 5.89. The van der Waals surface area contributed by atoms with E-state index in [2.05, 4.69) is 32.9 Å². The zero-order chi connectivity index (χ0) is 14.8. The molecule has 0 aromatic heterocycles. The maximum atomic E-state index is 5.89. The van der Waals surface area contributed by atoms with Gasteiger partial charge in [0.2, 0.25) is 0 Å². The van der Waals surface area contributed by atoms with E-state index < -0.39 is 0 Å². The van der Waals surface area contributed by atoms with Crippen LogP contribution in [0.15, 0.2) is 42.5 Å². The molecule has 2 aromatic rings. The van der Waals surface area contributed by atoms with Gasteiger partial charge in [-0.25, -0.2) is 0 Å². The van der Waals surface area contributed by atoms with Gasteiger partial charge in [-0.15, -0.1) is 0 Å². The Balaban J connectivity index is 2.20. The van der Waals surface area contributed by atoms with Crippen LogP contribution in [0.1, 0.15) is 31.9 Å². The smallest absolute Gasteiger partial charge is 0.131 e. The number of rotatable bonds is 3. The highest BCUT2D eigenvalue weighted by atomic mass is 16.5. The number of hydrogen-bond acceptors (Lipinski definition) is 2. The van der Waals surface area contributed by atoms with Crippen LogP contribution in [-0.2, 0) is 5.41 Å². The first kappa shape index (κ1) is 14.4. The molecule has 2 aromatic carbocycles. The highest BCUT2D eigenvalue weighted by molar-refractivity contribution is 5.41. The third-order valence-electron chi connectivity index (χ3n) is 3.22. The molecular weight excluding hydrogens is 248 g/mol. The molecular formula is C18H22O2. The molecule has 0 aliphatic carbocycles. The molecule has 0 saturated carbocycles. The molecule has 0 aliphatic rings. The van der Waals surface area contributed by atoms with Gasteiger partial charge in [0.1, 0.15) is 17.2 Å². The summed E-state index contributed by atoms with van der Waals surface area (Å²) in [5.74, 6) is 2.45. The second-order valence-electron chi connectivity index (χ2n) is 6.06. The maximum Gasteiger partial charge on any atom is 0.131 e. The quantitative estimate of drug-likeness (QED) is 0.773. The summed E-state index contributed by atoms with van der Waals surface area (Å²) in [5.41, 5.74) is 2.57. The molecule has 2 rings (SSSR count). The summed E-state index contributed by atoms with van der Waals surface area (Å²) in [5, 5.41) is 0. The van der Waals surface area contributed by atoms with Crippen molar-refractivity contribution in [2.24, 2.45) is 0 Å². The Hall–Kier alpha value is -1.96. The molecule has 20 heavy (non-hydrogen) atoms. The molecule has 2 nitrogen and oxygen atoms in total. The van der Waals surface area contributed by atoms with Gasteiger partial charge in [0.15, 0.2) is 0 Å². The molecule has 0 N–H and O–H groups in total. The van der Waals surface area contributed by atoms with Crippen molar-refractivity contribution >= 4 is 0 Å². The van der Waals surface area contributed by atoms with Crippen molar-refractivity contribution in [3.63, 3.8) is 0 Å². The lowest BCUT2D eigenvalue weighted by molar-refractivity contribution is 0.408. The number of hydrogen-bond donors (Lipinski definition) is 0. The third kappa shape index (κ3) is 3.53. The van der Waals surface area contributed by atoms with Crippen LogP contribution >= 0.6 is 0 Å². The lowest BCUT2D eigenvalue weighted by atomic mass is 9.87. The van der Waals surface area contributed by atoms with Crippen LogP contribution in [-0.4, -0.2) is 7.11 Å². The first-order valence-corrected chi connectivity index (χ1v) is 6.82. The Kier molecular flexibility index (Phi) is 4.03. The van der Waals surface area contributed by atoms with Gasteiger partial charge in [-0.2, -0.15) is 0 Å². The number of aryl methyl sites for hydroxylation is 1. The minimum atomic E-state index is 0.158. The molecule has 0 heterocycles. The highest BCUT2D eigenvalue weighted by Gasteiger charge is 2.13. The molecule has 0 aliphatic heterocycles. The van der Waals surface area contributed by atoms with Crippen LogP contribution in [0, 0.1) is 6.92 Å². The normalized spacial score (nSPS) is 11.2. The van der Waals surface area contributed by atoms with Gasteiger partial charge in [0.25, 0.3) is 0 Å². The predicted molar refractivity (Wildman–Crippen MR) is 82.9 cm³/mol. The fraction of sp³-hybridized carbons (Fsp3) is 0.333. The van der Waals surface area contributed by atoms with E-state index in [-0.39, 0.29) is 5.41 Å². The Bertz CT molecular complexity index is 577. The van der Waals surface area contributed by atoms with E-state index in [9.17, 15) is 0 Å². The lowest BCUT2D eigenvalue weighted by Gasteiger charge is -2.19. The summed E-state index contributed by atoms with van der Waals surface area (Å²) < 4.78 is 11.1. The summed E-state index contributed by atoms with van der Waals surface area (Å²) in [4.78, 5) is 0. The molecule has 106 valence electrons. The van der Waals surface area contributed by atoms with Gasteiger partial charge in [-0.05, 0) is 47.7 Å². The monoisotopic (exact) mass is 270 g/mol. The molecule has 0 fully saturated rings. The van der Waals surface area contributed by atoms with E-state index in [1.54, 1.807) is 7.11 Å². The van der Waals surface area contributed by atoms with Crippen molar-refractivity contribution in [2.75, 3.05) is 7.11 Å². The molecule has 0 atom stereocenters. The van der Waals surface area contributed by atoms with E-state index in [0.29, 0.717) is 0 Å². The molecule has 0 amide bonds. The molecule has 0 radical (unpaired) electrons. The van der Waals surface area contributed by atoms with E-state index in [1.807, 2.05) is 37.3 Å². The topological polar surface area (TPSA) is 18.5 Å². The molecule has 0 unspecified atom stereocenters. The van der Waals surface area contributed by atoms with Gasteiger partial charge in [0, 0.05) is 6.07 Å². The molecule has 0 saturated heterocycles. The van der Waals surface area contributed by atoms with Crippen LogP contribution in [0.4, 0.5) is 0 Å². The summed E-state index contributed by atoms with van der Waals surface area (Å²) in [7, 11) is 1.66. The predicted octanol–water partition coefficient (Wildman–Crippen LogP) is 5.09. The molecule has 0 bridgehead atoms. The van der Waals surface area contributed by atoms with Gasteiger partial charge < -0.3 is 9.47 Å². The van der Waals surface area contributed by atoms with Crippen LogP contribution < -0.4 is 9.47 Å². The number of methoxy groups -OCH3 is 1. The van der Waals surface area contributed by atoms with Crippen LogP contribution in [0.3, 0.4) is 0 Å². The Morgan fingerprint density at radius 3 is 1.95 bits per heavy atom. The largest absolute Gasteiger partial charge is 0.497 e. The Labute approximate surface area is 121 Å². The average molecular weight is 270 g/mol. The lowest BCUT2D eigenvalue weighted by Crippen LogP contribution is -2.10. The first-order valence-electron chi connectivity index (χ1n) is 6.82. The van der Waals surface area contributed by atoms with Crippen molar-refractivity contribution < 1.29 is 9.47 Å². The minimum Gasteiger partial charge on any atom is -0.497 e. The average Bonchev–Trinajstić information content (AvgIpc) is 2.37. The minimum absolute atomic E-state index is 0.158. The van der Waals surface area contributed by atoms with Crippen LogP contribution in [0.25, 0.3) is 0 Å². The van der Waals surface area contributed by atoms with Gasteiger partial charge in [-0.1, -0.05) is 32.9 Å². The van der Waals surface area contributed by atoms with E-state index in [0.717, 1.165) is 22.8 Å². The highest BCUT2D eigenvalue weighted by Crippen LogP contribution is 2.29. The first-order chi connectivity index (χ1) is 9.38. The van der Waals surface area contributed by atoms with Crippen molar-refractivity contribution in [1.82, 2.24) is 0 Å². The fourth-order valence-electron chi connectivity index (χ4n) is 2.05. The standard InChI is InChI=1S/C18H22O2/c1-13-10-16(19-5)12-17(11-13)20-15-8-6-14(7-9-15)18(2,3)4/h6-12H,1-5H3. The van der Waals surface area contributed by atoms with E-state index in [4.69, 9.17) is 9.47 Å². The van der Waals surface area contributed by atoms with Crippen LogP contribution in [0.2, 0.25) is 0 Å². The van der Waals surface area contributed by atoms with Crippen molar-refractivity contribution in [3.8, 4) is 17.2 Å². The fourth-order valence-corrected chi connectivity index (χ4v) is 2.05. The van der Waals surface area contributed by atoms with E-state index >= 15 is 0 Å². The zero-order valence-electron chi connectivity index (χ0n) is 12.9. The van der Waals surface area contributed by atoms with Crippen molar-refractivity contribution in [3.05, 3.63) is 53.6 Å². The zero-order valence-corrected chi connectivity index (χ0v) is 12.9. The summed E-state index contributed by atoms with van der Waals surface area (Å²) in [6, 6.07) is 14.1. The Morgan fingerprint density at radius 1 is 0.800 bits per heavy atom. The Morgan fingerprint density at radius 2 is 1.40 bits per heavy atom. The summed E-state index contributed by atoms with van der Waals surface area (Å²) in [6.45, 7) is 8.63. The van der Waals surface area contributed by atoms with Crippen molar-refractivity contribution in [1.29, 1.82) is 0 Å². The molecule has 2 heteroatoms. The van der Waals surface area contributed by atoms with Crippen molar-refractivity contribution in [2.45, 2.75) is 33.1 Å². The van der Waals surface area contributed by atoms with E-state index in [1.165, 1.54) is 5.56 Å². The number of benzene rings is 2.